The highest BCUT2D eigenvalue weighted by molar-refractivity contribution is 5.83. The molecular weight excluding hydrogens is 374 g/mol. The van der Waals surface area contributed by atoms with Gasteiger partial charge in [0.15, 0.2) is 0 Å². The number of nitrogens with zero attached hydrogens (tertiary/aromatic N) is 1. The van der Waals surface area contributed by atoms with E-state index in [1.807, 2.05) is 19.9 Å². The lowest BCUT2D eigenvalue weighted by Gasteiger charge is -2.23. The Labute approximate surface area is 186 Å². The van der Waals surface area contributed by atoms with E-state index in [1.165, 1.54) is 83.5 Å². The normalized spacial score (nSPS) is 12.4. The summed E-state index contributed by atoms with van der Waals surface area (Å²) in [6.07, 6.45) is 23.3. The lowest BCUT2D eigenvalue weighted by atomic mass is 9.98. The Hall–Kier alpha value is -1.32. The van der Waals surface area contributed by atoms with Crippen LogP contribution in [0.3, 0.4) is 0 Å². The fraction of sp³-hybridized carbons (Fsp3) is 0.846. The first-order chi connectivity index (χ1) is 14.6. The number of carboxylic acids is 1. The van der Waals surface area contributed by atoms with Crippen molar-refractivity contribution in [2.75, 3.05) is 13.1 Å². The van der Waals surface area contributed by atoms with Crippen LogP contribution in [0.1, 0.15) is 124 Å². The lowest BCUT2D eigenvalue weighted by Crippen LogP contribution is -2.36. The molecule has 1 N–H and O–H groups in total. The van der Waals surface area contributed by atoms with Gasteiger partial charge in [0.05, 0.1) is 12.3 Å². The van der Waals surface area contributed by atoms with E-state index in [0.29, 0.717) is 19.5 Å². The highest BCUT2D eigenvalue weighted by atomic mass is 16.4. The summed E-state index contributed by atoms with van der Waals surface area (Å²) in [6, 6.07) is 0. The molecule has 0 aliphatic carbocycles. The number of carboxylic acid groups (broad SMARTS) is 1. The standard InChI is InChI=1S/C26H49NO3/c1-4-7-8-9-10-11-12-13-14-15-16-17-18-19-20-21-22-24(23-25(28)29)26(30)27(5-2)6-3/h20-21,24H,4-19,22-23H2,1-3H3,(H,28,29)/b21-20+. The van der Waals surface area contributed by atoms with E-state index in [0.717, 1.165) is 6.42 Å². The van der Waals surface area contributed by atoms with Crippen molar-refractivity contribution >= 4 is 11.9 Å². The van der Waals surface area contributed by atoms with E-state index >= 15 is 0 Å². The molecule has 0 bridgehead atoms. The van der Waals surface area contributed by atoms with Crippen molar-refractivity contribution in [2.24, 2.45) is 5.92 Å². The quantitative estimate of drug-likeness (QED) is 0.155. The van der Waals surface area contributed by atoms with Gasteiger partial charge in [0.25, 0.3) is 0 Å². The summed E-state index contributed by atoms with van der Waals surface area (Å²) >= 11 is 0. The van der Waals surface area contributed by atoms with Crippen molar-refractivity contribution < 1.29 is 14.7 Å². The van der Waals surface area contributed by atoms with Gasteiger partial charge in [-0.2, -0.15) is 0 Å². The third-order valence-corrected chi connectivity index (χ3v) is 5.91. The molecule has 1 unspecified atom stereocenters. The van der Waals surface area contributed by atoms with E-state index in [4.69, 9.17) is 5.11 Å². The SMILES string of the molecule is CCCCCCCCCCCCCCC/C=C/CC(CC(=O)O)C(=O)N(CC)CC. The van der Waals surface area contributed by atoms with E-state index in [2.05, 4.69) is 13.0 Å². The molecule has 0 fully saturated rings. The molecular formula is C26H49NO3. The second kappa shape index (κ2) is 20.9. The van der Waals surface area contributed by atoms with Gasteiger partial charge in [0.1, 0.15) is 0 Å². The number of aliphatic carboxylic acids is 1. The van der Waals surface area contributed by atoms with Gasteiger partial charge in [-0.25, -0.2) is 0 Å². The molecule has 1 atom stereocenters. The zero-order chi connectivity index (χ0) is 22.5. The van der Waals surface area contributed by atoms with Gasteiger partial charge in [-0.3, -0.25) is 9.59 Å². The van der Waals surface area contributed by atoms with Crippen LogP contribution in [0.4, 0.5) is 0 Å². The predicted molar refractivity (Wildman–Crippen MR) is 128 cm³/mol. The van der Waals surface area contributed by atoms with Crippen LogP contribution in [0.15, 0.2) is 12.2 Å². The molecule has 0 spiro atoms. The second-order valence-corrected chi connectivity index (χ2v) is 8.54. The highest BCUT2D eigenvalue weighted by Gasteiger charge is 2.23. The van der Waals surface area contributed by atoms with E-state index in [-0.39, 0.29) is 12.3 Å². The van der Waals surface area contributed by atoms with Crippen LogP contribution in [0.2, 0.25) is 0 Å². The molecule has 0 aliphatic rings. The van der Waals surface area contributed by atoms with Crippen molar-refractivity contribution in [1.82, 2.24) is 4.90 Å². The Balaban J connectivity index is 3.74. The summed E-state index contributed by atoms with van der Waals surface area (Å²) in [4.78, 5) is 25.3. The van der Waals surface area contributed by atoms with Crippen LogP contribution >= 0.6 is 0 Å². The topological polar surface area (TPSA) is 57.6 Å². The maximum absolute atomic E-state index is 12.5. The van der Waals surface area contributed by atoms with Crippen LogP contribution in [-0.2, 0) is 9.59 Å². The largest absolute Gasteiger partial charge is 0.481 e. The van der Waals surface area contributed by atoms with Gasteiger partial charge in [0, 0.05) is 13.1 Å². The Bertz CT molecular complexity index is 444. The fourth-order valence-corrected chi connectivity index (χ4v) is 3.93. The van der Waals surface area contributed by atoms with E-state index in [1.54, 1.807) is 4.90 Å². The van der Waals surface area contributed by atoms with Crippen LogP contribution in [0, 0.1) is 5.92 Å². The Morgan fingerprint density at radius 2 is 1.20 bits per heavy atom. The number of amides is 1. The van der Waals surface area contributed by atoms with Crippen molar-refractivity contribution in [3.63, 3.8) is 0 Å². The number of carbonyl (C=O) groups excluding carboxylic acids is 1. The molecule has 176 valence electrons. The summed E-state index contributed by atoms with van der Waals surface area (Å²) in [6.45, 7) is 7.40. The zero-order valence-corrected chi connectivity index (χ0v) is 20.2. The second-order valence-electron chi connectivity index (χ2n) is 8.54. The van der Waals surface area contributed by atoms with Crippen LogP contribution in [0.5, 0.6) is 0 Å². The third kappa shape index (κ3) is 16.5. The summed E-state index contributed by atoms with van der Waals surface area (Å²) < 4.78 is 0. The monoisotopic (exact) mass is 423 g/mol. The average Bonchev–Trinajstić information content (AvgIpc) is 2.73. The molecule has 0 heterocycles. The van der Waals surface area contributed by atoms with Crippen molar-refractivity contribution in [2.45, 2.75) is 124 Å². The molecule has 4 nitrogen and oxygen atoms in total. The Kier molecular flexibility index (Phi) is 20.0. The van der Waals surface area contributed by atoms with Gasteiger partial charge in [-0.05, 0) is 33.1 Å². The highest BCUT2D eigenvalue weighted by Crippen LogP contribution is 2.16. The molecule has 0 radical (unpaired) electrons. The lowest BCUT2D eigenvalue weighted by molar-refractivity contribution is -0.144. The predicted octanol–water partition coefficient (Wildman–Crippen LogP) is 7.37. The smallest absolute Gasteiger partial charge is 0.304 e. The zero-order valence-electron chi connectivity index (χ0n) is 20.2. The Morgan fingerprint density at radius 3 is 1.63 bits per heavy atom. The van der Waals surface area contributed by atoms with Gasteiger partial charge < -0.3 is 10.0 Å². The van der Waals surface area contributed by atoms with Crippen LogP contribution in [-0.4, -0.2) is 35.0 Å². The number of hydrogen-bond acceptors (Lipinski definition) is 2. The number of carbonyl (C=O) groups is 2. The molecule has 0 aromatic carbocycles. The fourth-order valence-electron chi connectivity index (χ4n) is 3.93. The number of hydrogen-bond donors (Lipinski definition) is 1. The van der Waals surface area contributed by atoms with E-state index < -0.39 is 11.9 Å². The van der Waals surface area contributed by atoms with Crippen molar-refractivity contribution in [3.05, 3.63) is 12.2 Å². The molecule has 0 aromatic heterocycles. The Morgan fingerprint density at radius 1 is 0.733 bits per heavy atom. The molecule has 0 aromatic rings. The number of allylic oxidation sites excluding steroid dienone is 2. The summed E-state index contributed by atoms with van der Waals surface area (Å²) in [5.74, 6) is -1.37. The first kappa shape index (κ1) is 28.7. The van der Waals surface area contributed by atoms with Gasteiger partial charge in [0.2, 0.25) is 5.91 Å². The van der Waals surface area contributed by atoms with Gasteiger partial charge in [-0.1, -0.05) is 96.1 Å². The maximum atomic E-state index is 12.5. The van der Waals surface area contributed by atoms with Crippen LogP contribution in [0.25, 0.3) is 0 Å². The first-order valence-electron chi connectivity index (χ1n) is 12.7. The summed E-state index contributed by atoms with van der Waals surface area (Å²) in [5.41, 5.74) is 0. The van der Waals surface area contributed by atoms with Crippen molar-refractivity contribution in [3.8, 4) is 0 Å². The first-order valence-corrected chi connectivity index (χ1v) is 12.7. The minimum Gasteiger partial charge on any atom is -0.481 e. The minimum absolute atomic E-state index is 0.0343. The third-order valence-electron chi connectivity index (χ3n) is 5.91. The average molecular weight is 424 g/mol. The number of unbranched alkanes of at least 4 members (excludes halogenated alkanes) is 13. The molecule has 0 saturated carbocycles. The molecule has 0 aliphatic heterocycles. The maximum Gasteiger partial charge on any atom is 0.304 e. The van der Waals surface area contributed by atoms with E-state index in [9.17, 15) is 9.59 Å². The van der Waals surface area contributed by atoms with Gasteiger partial charge in [-0.15, -0.1) is 0 Å². The molecule has 4 heteroatoms. The molecule has 0 rings (SSSR count). The molecule has 30 heavy (non-hydrogen) atoms. The van der Waals surface area contributed by atoms with Crippen molar-refractivity contribution in [1.29, 1.82) is 0 Å². The molecule has 1 amide bonds. The van der Waals surface area contributed by atoms with Gasteiger partial charge >= 0.3 is 5.97 Å². The molecule has 0 saturated heterocycles. The summed E-state index contributed by atoms with van der Waals surface area (Å²) in [5, 5.41) is 9.10. The number of rotatable bonds is 21. The summed E-state index contributed by atoms with van der Waals surface area (Å²) in [7, 11) is 0. The minimum atomic E-state index is -0.898. The van der Waals surface area contributed by atoms with Crippen LogP contribution < -0.4 is 0 Å².